The summed E-state index contributed by atoms with van der Waals surface area (Å²) in [6, 6.07) is 11.0. The lowest BCUT2D eigenvalue weighted by Gasteiger charge is -2.20. The Hall–Kier alpha value is -3.49. The van der Waals surface area contributed by atoms with E-state index in [1.165, 1.54) is 0 Å². The molecule has 0 radical (unpaired) electrons. The quantitative estimate of drug-likeness (QED) is 0.629. The van der Waals surface area contributed by atoms with Crippen LogP contribution >= 0.6 is 11.8 Å². The molecule has 1 fully saturated rings. The maximum Gasteiger partial charge on any atom is 0.310 e. The van der Waals surface area contributed by atoms with Crippen LogP contribution in [-0.2, 0) is 11.2 Å². The molecule has 4 rings (SSSR count). The minimum atomic E-state index is -0.361. The number of aromatic amines is 1. The molecule has 0 aliphatic carbocycles. The van der Waals surface area contributed by atoms with Crippen LogP contribution in [0.15, 0.2) is 42.7 Å². The molecule has 0 spiro atoms. The third kappa shape index (κ3) is 3.83. The van der Waals surface area contributed by atoms with E-state index >= 15 is 0 Å². The Labute approximate surface area is 178 Å². The van der Waals surface area contributed by atoms with Crippen molar-refractivity contribution in [1.82, 2.24) is 14.9 Å². The molecule has 3 aromatic rings. The first kappa shape index (κ1) is 19.8. The van der Waals surface area contributed by atoms with Crippen molar-refractivity contribution in [1.29, 1.82) is 5.26 Å². The Morgan fingerprint density at radius 1 is 1.53 bits per heavy atom. The predicted molar refractivity (Wildman–Crippen MR) is 115 cm³/mol. The minimum Gasteiger partial charge on any atom is -0.438 e. The molecule has 150 valence electrons. The third-order valence-electron chi connectivity index (χ3n) is 5.08. The third-order valence-corrected chi connectivity index (χ3v) is 6.08. The van der Waals surface area contributed by atoms with Crippen molar-refractivity contribution in [2.75, 3.05) is 11.6 Å². The summed E-state index contributed by atoms with van der Waals surface area (Å²) in [6.07, 6.45) is 3.68. The van der Waals surface area contributed by atoms with Gasteiger partial charge in [-0.05, 0) is 42.3 Å². The molecule has 7 nitrogen and oxygen atoms in total. The zero-order chi connectivity index (χ0) is 21.1. The number of hydrogen-bond donors (Lipinski definition) is 1. The summed E-state index contributed by atoms with van der Waals surface area (Å²) < 4.78 is 5.84. The van der Waals surface area contributed by atoms with Gasteiger partial charge in [0.2, 0.25) is 11.8 Å². The fourth-order valence-corrected chi connectivity index (χ4v) is 4.58. The number of hydrogen-bond acceptors (Lipinski definition) is 5. The van der Waals surface area contributed by atoms with Crippen molar-refractivity contribution in [2.45, 2.75) is 19.5 Å². The van der Waals surface area contributed by atoms with Crippen LogP contribution in [-0.4, -0.2) is 38.6 Å². The number of pyridine rings is 1. The number of thioether (sulfide) groups is 1. The fraction of sp³-hybridized carbons (Fsp3) is 0.273. The first-order valence-corrected chi connectivity index (χ1v) is 10.6. The second-order valence-electron chi connectivity index (χ2n) is 7.11. The highest BCUT2D eigenvalue weighted by molar-refractivity contribution is 7.99. The van der Waals surface area contributed by atoms with Crippen LogP contribution in [0.4, 0.5) is 0 Å². The predicted octanol–water partition coefficient (Wildman–Crippen LogP) is 4.18. The molecule has 1 amide bonds. The standard InChI is InChI=1S/C22H19N5O2S/c1-14(22(28)27-13-30-12-20(27)24-2)8-16-11-26-19-6-5-17(9-18(16)19)29-21-15(10-23)4-3-7-25-21/h3-7,9,11,14,20,26H,8,12-13H2,1H3/t14-,20+/m0/s1. The molecule has 1 saturated heterocycles. The molecule has 2 aromatic heterocycles. The first-order valence-electron chi connectivity index (χ1n) is 9.48. The van der Waals surface area contributed by atoms with E-state index in [2.05, 4.69) is 20.9 Å². The summed E-state index contributed by atoms with van der Waals surface area (Å²) in [6.45, 7) is 9.19. The van der Waals surface area contributed by atoms with E-state index in [1.54, 1.807) is 35.0 Å². The highest BCUT2D eigenvalue weighted by atomic mass is 32.2. The minimum absolute atomic E-state index is 0.00917. The smallest absolute Gasteiger partial charge is 0.310 e. The molecule has 1 aliphatic rings. The number of nitrogens with zero attached hydrogens (tertiary/aromatic N) is 4. The lowest BCUT2D eigenvalue weighted by atomic mass is 9.99. The van der Waals surface area contributed by atoms with Gasteiger partial charge in [0, 0.05) is 29.2 Å². The largest absolute Gasteiger partial charge is 0.438 e. The summed E-state index contributed by atoms with van der Waals surface area (Å²) >= 11 is 1.62. The topological polar surface area (TPSA) is 86.4 Å². The van der Waals surface area contributed by atoms with Gasteiger partial charge < -0.3 is 9.72 Å². The van der Waals surface area contributed by atoms with Gasteiger partial charge in [0.15, 0.2) is 0 Å². The zero-order valence-electron chi connectivity index (χ0n) is 16.3. The Morgan fingerprint density at radius 3 is 3.20 bits per heavy atom. The molecular formula is C22H19N5O2S. The van der Waals surface area contributed by atoms with Gasteiger partial charge in [-0.15, -0.1) is 11.8 Å². The molecule has 30 heavy (non-hydrogen) atoms. The van der Waals surface area contributed by atoms with Crippen LogP contribution in [0.2, 0.25) is 0 Å². The van der Waals surface area contributed by atoms with Crippen molar-refractivity contribution < 1.29 is 9.53 Å². The normalized spacial score (nSPS) is 16.8. The average Bonchev–Trinajstić information content (AvgIpc) is 3.40. The second-order valence-corrected chi connectivity index (χ2v) is 8.11. The van der Waals surface area contributed by atoms with Crippen molar-refractivity contribution in [3.8, 4) is 17.7 Å². The average molecular weight is 417 g/mol. The summed E-state index contributed by atoms with van der Waals surface area (Å²) in [4.78, 5) is 25.5. The number of carbonyl (C=O) groups is 1. The maximum absolute atomic E-state index is 12.9. The van der Waals surface area contributed by atoms with E-state index in [0.717, 1.165) is 16.5 Å². The summed E-state index contributed by atoms with van der Waals surface area (Å²) in [5, 5.41) is 10.2. The van der Waals surface area contributed by atoms with Gasteiger partial charge in [-0.2, -0.15) is 5.26 Å². The van der Waals surface area contributed by atoms with Crippen molar-refractivity contribution in [2.24, 2.45) is 5.92 Å². The van der Waals surface area contributed by atoms with Crippen LogP contribution in [0.25, 0.3) is 15.7 Å². The molecule has 8 heteroatoms. The molecule has 2 atom stereocenters. The van der Waals surface area contributed by atoms with E-state index in [-0.39, 0.29) is 23.9 Å². The van der Waals surface area contributed by atoms with Gasteiger partial charge in [0.1, 0.15) is 17.4 Å². The number of rotatable bonds is 5. The number of aromatic nitrogens is 2. The number of fused-ring (bicyclic) bond motifs is 1. The summed E-state index contributed by atoms with van der Waals surface area (Å²) in [5.74, 6) is 1.85. The van der Waals surface area contributed by atoms with Gasteiger partial charge in [-0.3, -0.25) is 14.5 Å². The molecule has 3 heterocycles. The number of carbonyl (C=O) groups excluding carboxylic acids is 1. The number of ether oxygens (including phenoxy) is 1. The molecule has 1 aliphatic heterocycles. The van der Waals surface area contributed by atoms with E-state index in [1.807, 2.05) is 31.3 Å². The number of benzene rings is 1. The first-order chi connectivity index (χ1) is 14.6. The van der Waals surface area contributed by atoms with Crippen molar-refractivity contribution in [3.63, 3.8) is 0 Å². The molecular weight excluding hydrogens is 398 g/mol. The van der Waals surface area contributed by atoms with Crippen LogP contribution in [0, 0.1) is 23.8 Å². The highest BCUT2D eigenvalue weighted by Gasteiger charge is 2.35. The molecule has 0 bridgehead atoms. The van der Waals surface area contributed by atoms with Crippen LogP contribution in [0.1, 0.15) is 18.1 Å². The highest BCUT2D eigenvalue weighted by Crippen LogP contribution is 2.30. The molecule has 1 N–H and O–H groups in total. The van der Waals surface area contributed by atoms with Crippen LogP contribution in [0.3, 0.4) is 0 Å². The Morgan fingerprint density at radius 2 is 2.40 bits per heavy atom. The zero-order valence-corrected chi connectivity index (χ0v) is 17.1. The van der Waals surface area contributed by atoms with Gasteiger partial charge in [0.05, 0.1) is 11.6 Å². The van der Waals surface area contributed by atoms with Crippen molar-refractivity contribution >= 4 is 28.6 Å². The number of nitrogens with one attached hydrogen (secondary N) is 1. The van der Waals surface area contributed by atoms with E-state index < -0.39 is 0 Å². The van der Waals surface area contributed by atoms with Gasteiger partial charge in [-0.1, -0.05) is 6.92 Å². The Kier molecular flexibility index (Phi) is 5.60. The van der Waals surface area contributed by atoms with Crippen molar-refractivity contribution in [3.05, 3.63) is 65.3 Å². The lowest BCUT2D eigenvalue weighted by Crippen LogP contribution is -2.38. The van der Waals surface area contributed by atoms with E-state index in [9.17, 15) is 10.1 Å². The fourth-order valence-electron chi connectivity index (χ4n) is 3.51. The number of nitriles is 1. The van der Waals surface area contributed by atoms with E-state index in [0.29, 0.717) is 29.4 Å². The molecule has 0 saturated carbocycles. The van der Waals surface area contributed by atoms with Crippen LogP contribution in [0.5, 0.6) is 11.6 Å². The van der Waals surface area contributed by atoms with Gasteiger partial charge >= 0.3 is 6.17 Å². The summed E-state index contributed by atoms with van der Waals surface area (Å²) in [7, 11) is 0. The lowest BCUT2D eigenvalue weighted by molar-refractivity contribution is -0.134. The van der Waals surface area contributed by atoms with Gasteiger partial charge in [-0.25, -0.2) is 11.6 Å². The monoisotopic (exact) mass is 417 g/mol. The number of amides is 1. The van der Waals surface area contributed by atoms with Gasteiger partial charge in [0.25, 0.3) is 0 Å². The second kappa shape index (κ2) is 8.48. The van der Waals surface area contributed by atoms with E-state index in [4.69, 9.17) is 11.3 Å². The number of H-pyrrole nitrogens is 1. The molecule has 1 aromatic carbocycles. The maximum atomic E-state index is 12.9. The van der Waals surface area contributed by atoms with Crippen LogP contribution < -0.4 is 4.74 Å². The Bertz CT molecular complexity index is 1180. The molecule has 0 unspecified atom stereocenters. The summed E-state index contributed by atoms with van der Waals surface area (Å²) in [5.41, 5.74) is 2.31. The SMILES string of the molecule is [C-]#[N+][C@H]1CSCN1C(=O)[C@@H](C)Cc1c[nH]c2ccc(Oc3ncccc3C#N)cc12. The Balaban J connectivity index is 1.55.